The van der Waals surface area contributed by atoms with Crippen molar-refractivity contribution < 1.29 is 67.1 Å². The molecule has 6 N–H and O–H groups in total. The van der Waals surface area contributed by atoms with E-state index in [1.807, 2.05) is 0 Å². The summed E-state index contributed by atoms with van der Waals surface area (Å²) >= 11 is 0. The number of esters is 5. The number of rotatable bonds is 46. The van der Waals surface area contributed by atoms with Crippen molar-refractivity contribution in [2.75, 3.05) is 92.0 Å². The number of ether oxygens (including phenoxy) is 5. The Morgan fingerprint density at radius 2 is 0.740 bits per heavy atom. The van der Waals surface area contributed by atoms with E-state index in [2.05, 4.69) is 99.0 Å². The second-order valence-electron chi connectivity index (χ2n) is 25.7. The Morgan fingerprint density at radius 1 is 0.438 bits per heavy atom. The Balaban J connectivity index is 0.000000759. The van der Waals surface area contributed by atoms with Gasteiger partial charge in [0.2, 0.25) is 0 Å². The van der Waals surface area contributed by atoms with Gasteiger partial charge in [0.15, 0.2) is 0 Å². The summed E-state index contributed by atoms with van der Waals surface area (Å²) in [5.74, 6) is -1.37. The topological polar surface area (TPSA) is 272 Å². The highest BCUT2D eigenvalue weighted by molar-refractivity contribution is 6.07. The first-order valence-corrected chi connectivity index (χ1v) is 37.2. The molecule has 2 aromatic rings. The first-order valence-electron chi connectivity index (χ1n) is 37.2. The van der Waals surface area contributed by atoms with Gasteiger partial charge in [-0.1, -0.05) is 199 Å². The van der Waals surface area contributed by atoms with Crippen LogP contribution < -0.4 is 21.7 Å². The number of nitrogens with two attached hydrogens (primary N) is 1. The number of urea groups is 2. The lowest BCUT2D eigenvalue weighted by Crippen LogP contribution is -2.37. The maximum absolute atomic E-state index is 13.2. The minimum Gasteiger partial charge on any atom is -0.462 e. The number of carbonyl (C=O) groups is 8. The van der Waals surface area contributed by atoms with E-state index in [1.165, 1.54) is 55.7 Å². The summed E-state index contributed by atoms with van der Waals surface area (Å²) in [6.45, 7) is 31.8. The zero-order chi connectivity index (χ0) is 71.5. The molecule has 6 atom stereocenters. The molecule has 5 amide bonds. The molecule has 0 spiro atoms. The Labute approximate surface area is 578 Å². The SMILES string of the molecule is CCCCC(CC)CO.CCCCC(CC)COC(=O)c1ccc(C(=O)OCC(CC)CCCC)c(C(=O)NCCN2CCNC2=O)c1.CCCCC(CC)COC(=O)c1ccc(C(=O)OCC(CC)CCCC)c(C(=O)OCC(CC)CCCC)c1.NCCN1CCNC1=O. The van der Waals surface area contributed by atoms with E-state index in [-0.39, 0.29) is 88.9 Å². The molecule has 2 heterocycles. The maximum Gasteiger partial charge on any atom is 0.339 e. The highest BCUT2D eigenvalue weighted by atomic mass is 16.5. The zero-order valence-electron chi connectivity index (χ0n) is 61.5. The summed E-state index contributed by atoms with van der Waals surface area (Å²) in [5.41, 5.74) is 6.02. The standard InChI is InChI=1S/C33H54O6.C30H47N3O6.C8H18O.C5H11N3O/c1-7-13-16-25(10-4)22-37-31(34)28-19-20-29(32(35)38-23-26(11-5)17-14-8-2)30(21-28)33(36)39-24-27(12-6)18-15-9-3;1-5-9-11-22(7-3)20-38-28(35)24-13-14-25(29(36)39-21-23(8-4)12-10-6-2)26(19-24)27(34)31-15-17-33-18-16-32-30(33)37;1-3-5-6-8(4-2)7-9;6-1-3-8-4-2-7-5(8)9/h19-21,25-27H,7-18,22-24H2,1-6H3;13-14,19,22-23H,5-12,15-18,20-21H2,1-4H3,(H,31,34)(H,32,37);8-9H,3-7H2,1-2H3;1-4,6H2,(H,7,9). The molecule has 2 aliphatic heterocycles. The molecule has 548 valence electrons. The van der Waals surface area contributed by atoms with Crippen LogP contribution in [0, 0.1) is 35.5 Å². The summed E-state index contributed by atoms with van der Waals surface area (Å²) in [6, 6.07) is 8.66. The maximum atomic E-state index is 13.2. The third-order valence-corrected chi connectivity index (χ3v) is 18.1. The van der Waals surface area contributed by atoms with Crippen LogP contribution in [0.4, 0.5) is 9.59 Å². The number of nitrogens with zero attached hydrogens (tertiary/aromatic N) is 2. The van der Waals surface area contributed by atoms with Crippen LogP contribution in [0.3, 0.4) is 0 Å². The van der Waals surface area contributed by atoms with Crippen molar-refractivity contribution in [3.63, 3.8) is 0 Å². The normalized spacial score (nSPS) is 14.3. The van der Waals surface area contributed by atoms with Gasteiger partial charge in [0.1, 0.15) is 0 Å². The van der Waals surface area contributed by atoms with Gasteiger partial charge >= 0.3 is 41.9 Å². The number of carbonyl (C=O) groups excluding carboxylic acids is 8. The molecule has 20 nitrogen and oxygen atoms in total. The van der Waals surface area contributed by atoms with Crippen molar-refractivity contribution >= 4 is 47.8 Å². The Hall–Kier alpha value is -6.28. The van der Waals surface area contributed by atoms with E-state index in [0.717, 1.165) is 148 Å². The van der Waals surface area contributed by atoms with Gasteiger partial charge in [0, 0.05) is 59.0 Å². The lowest BCUT2D eigenvalue weighted by atomic mass is 10.00. The summed E-state index contributed by atoms with van der Waals surface area (Å²) in [5, 5.41) is 16.9. The molecule has 0 aromatic heterocycles. The van der Waals surface area contributed by atoms with Gasteiger partial charge in [-0.15, -0.1) is 0 Å². The molecule has 2 fully saturated rings. The van der Waals surface area contributed by atoms with Crippen LogP contribution in [0.15, 0.2) is 36.4 Å². The van der Waals surface area contributed by atoms with Gasteiger partial charge < -0.3 is 60.3 Å². The molecular formula is C76H130N6O14. The first kappa shape index (κ1) is 87.7. The van der Waals surface area contributed by atoms with E-state index in [0.29, 0.717) is 71.0 Å². The Morgan fingerprint density at radius 3 is 1.04 bits per heavy atom. The van der Waals surface area contributed by atoms with E-state index in [9.17, 15) is 38.4 Å². The van der Waals surface area contributed by atoms with E-state index < -0.39 is 35.8 Å². The molecule has 96 heavy (non-hydrogen) atoms. The van der Waals surface area contributed by atoms with Crippen molar-refractivity contribution in [1.82, 2.24) is 25.8 Å². The first-order chi connectivity index (χ1) is 46.4. The van der Waals surface area contributed by atoms with Crippen LogP contribution in [0.25, 0.3) is 0 Å². The quantitative estimate of drug-likeness (QED) is 0.0305. The van der Waals surface area contributed by atoms with Crippen LogP contribution in [0.5, 0.6) is 0 Å². The number of amides is 5. The van der Waals surface area contributed by atoms with Crippen molar-refractivity contribution in [1.29, 1.82) is 0 Å². The number of nitrogens with one attached hydrogen (secondary N) is 3. The van der Waals surface area contributed by atoms with Gasteiger partial charge in [-0.2, -0.15) is 0 Å². The Kier molecular flexibility index (Phi) is 50.0. The van der Waals surface area contributed by atoms with Crippen molar-refractivity contribution in [3.05, 3.63) is 69.8 Å². The predicted molar refractivity (Wildman–Crippen MR) is 383 cm³/mol. The van der Waals surface area contributed by atoms with Crippen LogP contribution >= 0.6 is 0 Å². The number of benzene rings is 2. The van der Waals surface area contributed by atoms with Crippen molar-refractivity contribution in [2.45, 2.75) is 237 Å². The molecular weight excluding hydrogens is 1220 g/mol. The van der Waals surface area contributed by atoms with Crippen molar-refractivity contribution in [2.24, 2.45) is 41.2 Å². The summed E-state index contributed by atoms with van der Waals surface area (Å²) in [7, 11) is 0. The molecule has 0 aliphatic carbocycles. The number of unbranched alkanes of at least 4 members (excludes halogenated alkanes) is 6. The highest BCUT2D eigenvalue weighted by Crippen LogP contribution is 2.24. The average Bonchev–Trinajstić information content (AvgIpc) is 1.02. The smallest absolute Gasteiger partial charge is 0.339 e. The summed E-state index contributed by atoms with van der Waals surface area (Å²) < 4.78 is 28.1. The minimum atomic E-state index is -0.612. The minimum absolute atomic E-state index is 0.0143. The fourth-order valence-corrected chi connectivity index (χ4v) is 10.8. The second-order valence-corrected chi connectivity index (χ2v) is 25.7. The molecule has 2 aromatic carbocycles. The van der Waals surface area contributed by atoms with E-state index in [1.54, 1.807) is 9.80 Å². The molecule has 4 rings (SSSR count). The molecule has 0 bridgehead atoms. The van der Waals surface area contributed by atoms with Gasteiger partial charge in [-0.3, -0.25) is 4.79 Å². The zero-order valence-corrected chi connectivity index (χ0v) is 61.5. The fourth-order valence-electron chi connectivity index (χ4n) is 10.8. The molecule has 0 saturated carbocycles. The predicted octanol–water partition coefficient (Wildman–Crippen LogP) is 15.2. The van der Waals surface area contributed by atoms with Gasteiger partial charge in [0.25, 0.3) is 5.91 Å². The molecule has 2 aliphatic rings. The average molecular weight is 1350 g/mol. The number of aliphatic hydroxyl groups excluding tert-OH is 1. The highest BCUT2D eigenvalue weighted by Gasteiger charge is 2.27. The van der Waals surface area contributed by atoms with Gasteiger partial charge in [0.05, 0.1) is 66.4 Å². The number of hydrogen-bond donors (Lipinski definition) is 5. The second kappa shape index (κ2) is 54.7. The number of hydrogen-bond acceptors (Lipinski definition) is 15. The summed E-state index contributed by atoms with van der Waals surface area (Å²) in [6.07, 6.45) is 25.2. The Bertz CT molecular complexity index is 2490. The van der Waals surface area contributed by atoms with Crippen LogP contribution in [0.1, 0.15) is 299 Å². The molecule has 20 heteroatoms. The van der Waals surface area contributed by atoms with Crippen LogP contribution in [0.2, 0.25) is 0 Å². The fraction of sp³-hybridized carbons (Fsp3) is 0.737. The van der Waals surface area contributed by atoms with Gasteiger partial charge in [-0.25, -0.2) is 33.6 Å². The molecule has 6 unspecified atom stereocenters. The third-order valence-electron chi connectivity index (χ3n) is 18.1. The van der Waals surface area contributed by atoms with Crippen LogP contribution in [-0.2, 0) is 23.7 Å². The molecule has 0 radical (unpaired) electrons. The van der Waals surface area contributed by atoms with E-state index in [4.69, 9.17) is 34.5 Å². The monoisotopic (exact) mass is 1350 g/mol. The lowest BCUT2D eigenvalue weighted by Gasteiger charge is -2.18. The van der Waals surface area contributed by atoms with Crippen molar-refractivity contribution in [3.8, 4) is 0 Å². The third kappa shape index (κ3) is 35.8. The summed E-state index contributed by atoms with van der Waals surface area (Å²) in [4.78, 5) is 104. The van der Waals surface area contributed by atoms with Gasteiger partial charge in [-0.05, 0) is 110 Å². The number of aliphatic hydroxyl groups is 1. The largest absolute Gasteiger partial charge is 0.462 e. The lowest BCUT2D eigenvalue weighted by molar-refractivity contribution is 0.0379. The van der Waals surface area contributed by atoms with Crippen LogP contribution in [-0.4, -0.2) is 155 Å². The van der Waals surface area contributed by atoms with E-state index >= 15 is 0 Å². The molecule has 2 saturated heterocycles.